The Kier molecular flexibility index (Phi) is 5.49. The van der Waals surface area contributed by atoms with Crippen molar-refractivity contribution >= 4 is 17.2 Å². The molecule has 0 spiro atoms. The highest BCUT2D eigenvalue weighted by Crippen LogP contribution is 2.17. The van der Waals surface area contributed by atoms with Crippen molar-refractivity contribution < 1.29 is 4.79 Å². The van der Waals surface area contributed by atoms with Gasteiger partial charge in [-0.2, -0.15) is 0 Å². The summed E-state index contributed by atoms with van der Waals surface area (Å²) in [6.45, 7) is 5.06. The number of rotatable bonds is 6. The zero-order chi connectivity index (χ0) is 12.0. The van der Waals surface area contributed by atoms with Crippen LogP contribution in [0, 0.1) is 0 Å². The van der Waals surface area contributed by atoms with Crippen molar-refractivity contribution in [1.29, 1.82) is 0 Å². The van der Waals surface area contributed by atoms with E-state index in [1.165, 1.54) is 10.4 Å². The summed E-state index contributed by atoms with van der Waals surface area (Å²) in [7, 11) is 1.67. The number of nitrogens with one attached hydrogen (secondary N) is 2. The Morgan fingerprint density at radius 3 is 2.94 bits per heavy atom. The molecule has 0 saturated carbocycles. The number of hydrogen-bond acceptors (Lipinski definition) is 3. The van der Waals surface area contributed by atoms with Gasteiger partial charge in [-0.15, -0.1) is 11.3 Å². The molecule has 90 valence electrons. The van der Waals surface area contributed by atoms with Crippen LogP contribution in [-0.2, 0) is 17.8 Å². The Labute approximate surface area is 101 Å². The molecule has 0 aliphatic heterocycles. The van der Waals surface area contributed by atoms with Gasteiger partial charge < -0.3 is 10.6 Å². The highest BCUT2D eigenvalue weighted by molar-refractivity contribution is 7.10. The van der Waals surface area contributed by atoms with E-state index in [0.29, 0.717) is 6.42 Å². The Hall–Kier alpha value is -0.870. The Morgan fingerprint density at radius 1 is 1.56 bits per heavy atom. The van der Waals surface area contributed by atoms with Crippen LogP contribution >= 0.6 is 11.3 Å². The maximum atomic E-state index is 11.2. The minimum Gasteiger partial charge on any atom is -0.359 e. The zero-order valence-corrected chi connectivity index (χ0v) is 11.0. The molecule has 1 atom stereocenters. The third-order valence-electron chi connectivity index (χ3n) is 2.60. The molecule has 1 heterocycles. The summed E-state index contributed by atoms with van der Waals surface area (Å²) in [5, 5.41) is 8.13. The number of hydrogen-bond donors (Lipinski definition) is 2. The quantitative estimate of drug-likeness (QED) is 0.797. The van der Waals surface area contributed by atoms with Crippen molar-refractivity contribution in [3.8, 4) is 0 Å². The third-order valence-corrected chi connectivity index (χ3v) is 3.56. The van der Waals surface area contributed by atoms with Crippen molar-refractivity contribution in [3.63, 3.8) is 0 Å². The molecule has 1 rings (SSSR count). The van der Waals surface area contributed by atoms with Crippen LogP contribution in [0.1, 0.15) is 30.7 Å². The summed E-state index contributed by atoms with van der Waals surface area (Å²) in [6.07, 6.45) is 1.60. The van der Waals surface area contributed by atoms with Gasteiger partial charge in [-0.3, -0.25) is 4.79 Å². The summed E-state index contributed by atoms with van der Waals surface area (Å²) < 4.78 is 0. The van der Waals surface area contributed by atoms with Crippen molar-refractivity contribution in [2.24, 2.45) is 0 Å². The van der Waals surface area contributed by atoms with Gasteiger partial charge in [0.1, 0.15) is 0 Å². The number of aryl methyl sites for hydroxylation is 1. The first-order chi connectivity index (χ1) is 7.67. The highest BCUT2D eigenvalue weighted by Gasteiger charge is 2.08. The van der Waals surface area contributed by atoms with Crippen molar-refractivity contribution in [3.05, 3.63) is 21.9 Å². The lowest BCUT2D eigenvalue weighted by Gasteiger charge is -2.12. The molecule has 0 aromatic carbocycles. The lowest BCUT2D eigenvalue weighted by Crippen LogP contribution is -2.31. The van der Waals surface area contributed by atoms with Crippen LogP contribution in [0.5, 0.6) is 0 Å². The fourth-order valence-corrected chi connectivity index (χ4v) is 2.48. The van der Waals surface area contributed by atoms with E-state index in [0.717, 1.165) is 13.0 Å². The molecule has 16 heavy (non-hydrogen) atoms. The molecule has 2 N–H and O–H groups in total. The standard InChI is InChI=1S/C12H20N2OS/c1-4-10-5-6-16-11(10)8-14-9(2)7-12(15)13-3/h5-6,9,14H,4,7-8H2,1-3H3,(H,13,15). The Bertz CT molecular complexity index is 336. The molecule has 4 heteroatoms. The lowest BCUT2D eigenvalue weighted by molar-refractivity contribution is -0.121. The molecule has 1 aromatic rings. The van der Waals surface area contributed by atoms with Gasteiger partial charge in [0.15, 0.2) is 0 Å². The Balaban J connectivity index is 2.36. The van der Waals surface area contributed by atoms with E-state index in [-0.39, 0.29) is 11.9 Å². The van der Waals surface area contributed by atoms with E-state index in [9.17, 15) is 4.79 Å². The molecular weight excluding hydrogens is 220 g/mol. The number of carbonyl (C=O) groups is 1. The summed E-state index contributed by atoms with van der Waals surface area (Å²) in [6, 6.07) is 2.39. The van der Waals surface area contributed by atoms with Crippen molar-refractivity contribution in [2.75, 3.05) is 7.05 Å². The molecule has 0 aliphatic rings. The molecule has 0 aliphatic carbocycles. The highest BCUT2D eigenvalue weighted by atomic mass is 32.1. The SMILES string of the molecule is CCc1ccsc1CNC(C)CC(=O)NC. The molecule has 0 radical (unpaired) electrons. The molecule has 0 bridgehead atoms. The average molecular weight is 240 g/mol. The van der Waals surface area contributed by atoms with Crippen LogP contribution in [0.2, 0.25) is 0 Å². The smallest absolute Gasteiger partial charge is 0.221 e. The van der Waals surface area contributed by atoms with E-state index in [2.05, 4.69) is 29.0 Å². The van der Waals surface area contributed by atoms with E-state index in [1.54, 1.807) is 18.4 Å². The first kappa shape index (κ1) is 13.2. The first-order valence-electron chi connectivity index (χ1n) is 5.66. The van der Waals surface area contributed by atoms with Gasteiger partial charge in [-0.25, -0.2) is 0 Å². The largest absolute Gasteiger partial charge is 0.359 e. The molecule has 3 nitrogen and oxygen atoms in total. The minimum atomic E-state index is 0.0851. The van der Waals surface area contributed by atoms with Gasteiger partial charge in [0.25, 0.3) is 0 Å². The van der Waals surface area contributed by atoms with Crippen LogP contribution in [0.3, 0.4) is 0 Å². The molecular formula is C12H20N2OS. The summed E-state index contributed by atoms with van der Waals surface area (Å²) in [5.74, 6) is 0.0851. The van der Waals surface area contributed by atoms with Crippen LogP contribution in [0.25, 0.3) is 0 Å². The first-order valence-corrected chi connectivity index (χ1v) is 6.54. The van der Waals surface area contributed by atoms with Crippen LogP contribution in [0.4, 0.5) is 0 Å². The van der Waals surface area contributed by atoms with Gasteiger partial charge in [0.05, 0.1) is 0 Å². The van der Waals surface area contributed by atoms with Gasteiger partial charge in [0.2, 0.25) is 5.91 Å². The molecule has 0 fully saturated rings. The molecule has 1 amide bonds. The zero-order valence-electron chi connectivity index (χ0n) is 10.2. The summed E-state index contributed by atoms with van der Waals surface area (Å²) in [4.78, 5) is 12.5. The lowest BCUT2D eigenvalue weighted by atomic mass is 10.2. The van der Waals surface area contributed by atoms with Gasteiger partial charge >= 0.3 is 0 Å². The third kappa shape index (κ3) is 3.94. The molecule has 0 saturated heterocycles. The van der Waals surface area contributed by atoms with Gasteiger partial charge in [-0.1, -0.05) is 6.92 Å². The maximum Gasteiger partial charge on any atom is 0.221 e. The van der Waals surface area contributed by atoms with E-state index >= 15 is 0 Å². The second-order valence-electron chi connectivity index (χ2n) is 3.88. The topological polar surface area (TPSA) is 41.1 Å². The molecule has 1 unspecified atom stereocenters. The van der Waals surface area contributed by atoms with Crippen LogP contribution in [-0.4, -0.2) is 19.0 Å². The fourth-order valence-electron chi connectivity index (χ4n) is 1.56. The van der Waals surface area contributed by atoms with Crippen LogP contribution < -0.4 is 10.6 Å². The number of amides is 1. The fraction of sp³-hybridized carbons (Fsp3) is 0.583. The second-order valence-corrected chi connectivity index (χ2v) is 4.88. The molecule has 1 aromatic heterocycles. The normalized spacial score (nSPS) is 12.4. The van der Waals surface area contributed by atoms with Gasteiger partial charge in [-0.05, 0) is 30.4 Å². The van der Waals surface area contributed by atoms with Crippen molar-refractivity contribution in [1.82, 2.24) is 10.6 Å². The predicted molar refractivity (Wildman–Crippen MR) is 68.7 cm³/mol. The van der Waals surface area contributed by atoms with E-state index < -0.39 is 0 Å². The van der Waals surface area contributed by atoms with Crippen molar-refractivity contribution in [2.45, 2.75) is 39.3 Å². The minimum absolute atomic E-state index is 0.0851. The van der Waals surface area contributed by atoms with Gasteiger partial charge in [0, 0.05) is 30.9 Å². The average Bonchev–Trinajstić information content (AvgIpc) is 2.73. The predicted octanol–water partition coefficient (Wildman–Crippen LogP) is 1.92. The van der Waals surface area contributed by atoms with E-state index in [1.807, 2.05) is 6.92 Å². The second kappa shape index (κ2) is 6.66. The number of carbonyl (C=O) groups excluding carboxylic acids is 1. The van der Waals surface area contributed by atoms with E-state index in [4.69, 9.17) is 0 Å². The number of thiophene rings is 1. The van der Waals surface area contributed by atoms with Crippen LogP contribution in [0.15, 0.2) is 11.4 Å². The Morgan fingerprint density at radius 2 is 2.31 bits per heavy atom. The maximum absolute atomic E-state index is 11.2. The monoisotopic (exact) mass is 240 g/mol. The summed E-state index contributed by atoms with van der Waals surface area (Å²) in [5.41, 5.74) is 1.41. The summed E-state index contributed by atoms with van der Waals surface area (Å²) >= 11 is 1.78.